The Morgan fingerprint density at radius 3 is 2.07 bits per heavy atom. The van der Waals surface area contributed by atoms with E-state index < -0.39 is 20.0 Å². The topological polar surface area (TPSA) is 85.2 Å². The molecule has 1 N–H and O–H groups in total. The average molecular weight is 447 g/mol. The molecule has 3 rings (SSSR count). The summed E-state index contributed by atoms with van der Waals surface area (Å²) >= 11 is 0. The quantitative estimate of drug-likeness (QED) is 0.572. The summed E-state index contributed by atoms with van der Waals surface area (Å²) in [5.41, 5.74) is 1.64. The molecule has 1 aromatic heterocycles. The minimum atomic E-state index is -3.89. The van der Waals surface area contributed by atoms with Crippen LogP contribution in [0.25, 0.3) is 0 Å². The van der Waals surface area contributed by atoms with E-state index >= 15 is 0 Å². The number of nitrogens with one attached hydrogen (secondary N) is 1. The lowest BCUT2D eigenvalue weighted by Crippen LogP contribution is -2.33. The van der Waals surface area contributed by atoms with E-state index in [-0.39, 0.29) is 21.5 Å². The van der Waals surface area contributed by atoms with Gasteiger partial charge in [-0.2, -0.15) is 0 Å². The average Bonchev–Trinajstić information content (AvgIpc) is 3.03. The molecule has 0 aliphatic heterocycles. The van der Waals surface area contributed by atoms with Crippen molar-refractivity contribution in [2.24, 2.45) is 0 Å². The predicted octanol–water partition coefficient (Wildman–Crippen LogP) is 3.64. The Kier molecular flexibility index (Phi) is 6.50. The van der Waals surface area contributed by atoms with Crippen LogP contribution in [0.15, 0.2) is 76.5 Å². The molecule has 0 aliphatic carbocycles. The minimum absolute atomic E-state index is 0.0222. The SMILES string of the molecule is Cc1cc(S(=O)(=O)NC(C)CCc2ccccc2)c(C)n1S(=O)(=O)c1ccccc1. The second-order valence-electron chi connectivity index (χ2n) is 7.36. The monoisotopic (exact) mass is 446 g/mol. The molecule has 0 bridgehead atoms. The highest BCUT2D eigenvalue weighted by Crippen LogP contribution is 2.25. The lowest BCUT2D eigenvalue weighted by Gasteiger charge is -2.15. The van der Waals surface area contributed by atoms with Crippen molar-refractivity contribution in [3.05, 3.63) is 83.7 Å². The zero-order valence-electron chi connectivity index (χ0n) is 17.2. The van der Waals surface area contributed by atoms with Gasteiger partial charge in [-0.05, 0) is 57.4 Å². The van der Waals surface area contributed by atoms with Gasteiger partial charge >= 0.3 is 0 Å². The number of aryl methyl sites for hydroxylation is 2. The zero-order chi connectivity index (χ0) is 21.9. The molecule has 2 aromatic carbocycles. The van der Waals surface area contributed by atoms with E-state index in [1.165, 1.54) is 25.1 Å². The summed E-state index contributed by atoms with van der Waals surface area (Å²) in [6.45, 7) is 4.91. The van der Waals surface area contributed by atoms with Gasteiger partial charge in [-0.3, -0.25) is 0 Å². The molecular weight excluding hydrogens is 420 g/mol. The maximum absolute atomic E-state index is 13.0. The molecule has 1 heterocycles. The second kappa shape index (κ2) is 8.75. The summed E-state index contributed by atoms with van der Waals surface area (Å²) in [4.78, 5) is 0.0889. The molecule has 0 radical (unpaired) electrons. The largest absolute Gasteiger partial charge is 0.268 e. The van der Waals surface area contributed by atoms with E-state index in [0.29, 0.717) is 12.1 Å². The van der Waals surface area contributed by atoms with Gasteiger partial charge in [-0.1, -0.05) is 48.5 Å². The van der Waals surface area contributed by atoms with Crippen LogP contribution in [-0.2, 0) is 26.5 Å². The van der Waals surface area contributed by atoms with Gasteiger partial charge in [-0.25, -0.2) is 25.5 Å². The smallest absolute Gasteiger partial charge is 0.242 e. The number of rotatable bonds is 8. The van der Waals surface area contributed by atoms with E-state index in [2.05, 4.69) is 4.72 Å². The van der Waals surface area contributed by atoms with Gasteiger partial charge in [-0.15, -0.1) is 0 Å². The molecule has 30 heavy (non-hydrogen) atoms. The number of sulfonamides is 1. The summed E-state index contributed by atoms with van der Waals surface area (Å²) in [6, 6.07) is 18.9. The Bertz CT molecular complexity index is 1220. The van der Waals surface area contributed by atoms with Crippen LogP contribution in [0, 0.1) is 13.8 Å². The zero-order valence-corrected chi connectivity index (χ0v) is 18.9. The van der Waals surface area contributed by atoms with Crippen LogP contribution in [0.1, 0.15) is 30.3 Å². The Hall–Kier alpha value is -2.42. The third-order valence-electron chi connectivity index (χ3n) is 4.96. The van der Waals surface area contributed by atoms with Crippen LogP contribution in [0.4, 0.5) is 0 Å². The third kappa shape index (κ3) is 4.66. The van der Waals surface area contributed by atoms with Crippen molar-refractivity contribution in [2.75, 3.05) is 0 Å². The van der Waals surface area contributed by atoms with Crippen LogP contribution in [0.5, 0.6) is 0 Å². The molecule has 8 heteroatoms. The van der Waals surface area contributed by atoms with Crippen molar-refractivity contribution in [2.45, 2.75) is 49.4 Å². The van der Waals surface area contributed by atoms with Crippen LogP contribution < -0.4 is 4.72 Å². The lowest BCUT2D eigenvalue weighted by atomic mass is 10.1. The maximum atomic E-state index is 13.0. The highest BCUT2D eigenvalue weighted by Gasteiger charge is 2.28. The maximum Gasteiger partial charge on any atom is 0.268 e. The first-order valence-electron chi connectivity index (χ1n) is 9.69. The summed E-state index contributed by atoms with van der Waals surface area (Å²) in [5, 5.41) is 0. The molecule has 0 amide bonds. The van der Waals surface area contributed by atoms with Crippen molar-refractivity contribution in [3.8, 4) is 0 Å². The molecule has 0 spiro atoms. The Morgan fingerprint density at radius 1 is 0.900 bits per heavy atom. The van der Waals surface area contributed by atoms with Gasteiger partial charge in [0, 0.05) is 11.7 Å². The van der Waals surface area contributed by atoms with E-state index in [0.717, 1.165) is 16.0 Å². The summed E-state index contributed by atoms with van der Waals surface area (Å²) in [5.74, 6) is 0. The fraction of sp³-hybridized carbons (Fsp3) is 0.273. The van der Waals surface area contributed by atoms with Gasteiger partial charge in [0.2, 0.25) is 10.0 Å². The van der Waals surface area contributed by atoms with Crippen molar-refractivity contribution in [1.82, 2.24) is 8.69 Å². The van der Waals surface area contributed by atoms with Gasteiger partial charge in [0.05, 0.1) is 10.6 Å². The number of hydrogen-bond donors (Lipinski definition) is 1. The fourth-order valence-corrected chi connectivity index (χ4v) is 6.71. The van der Waals surface area contributed by atoms with E-state index in [1.807, 2.05) is 30.3 Å². The van der Waals surface area contributed by atoms with E-state index in [9.17, 15) is 16.8 Å². The Morgan fingerprint density at radius 2 is 1.47 bits per heavy atom. The number of hydrogen-bond acceptors (Lipinski definition) is 4. The fourth-order valence-electron chi connectivity index (χ4n) is 3.47. The van der Waals surface area contributed by atoms with Crippen molar-refractivity contribution in [3.63, 3.8) is 0 Å². The molecule has 0 aliphatic rings. The summed E-state index contributed by atoms with van der Waals surface area (Å²) in [7, 11) is -7.76. The third-order valence-corrected chi connectivity index (χ3v) is 8.57. The Balaban J connectivity index is 1.84. The van der Waals surface area contributed by atoms with Crippen LogP contribution >= 0.6 is 0 Å². The molecule has 3 aromatic rings. The second-order valence-corrected chi connectivity index (χ2v) is 10.8. The first kappa shape index (κ1) is 22.3. The standard InChI is InChI=1S/C22H26N2O4S2/c1-17(14-15-20-10-6-4-7-11-20)23-29(25,26)22-16-18(2)24(19(22)3)30(27,28)21-12-8-5-9-13-21/h4-13,16-17,23H,14-15H2,1-3H3. The number of nitrogens with zero attached hydrogens (tertiary/aromatic N) is 1. The number of benzene rings is 2. The molecule has 0 saturated carbocycles. The van der Waals surface area contributed by atoms with E-state index in [1.54, 1.807) is 32.0 Å². The normalized spacial score (nSPS) is 13.3. The van der Waals surface area contributed by atoms with Gasteiger partial charge < -0.3 is 0 Å². The summed E-state index contributed by atoms with van der Waals surface area (Å²) in [6.07, 6.45) is 1.37. The summed E-state index contributed by atoms with van der Waals surface area (Å²) < 4.78 is 55.8. The first-order chi connectivity index (χ1) is 14.1. The van der Waals surface area contributed by atoms with Crippen molar-refractivity contribution < 1.29 is 16.8 Å². The minimum Gasteiger partial charge on any atom is -0.242 e. The first-order valence-corrected chi connectivity index (χ1v) is 12.6. The van der Waals surface area contributed by atoms with Crippen LogP contribution in [0.2, 0.25) is 0 Å². The van der Waals surface area contributed by atoms with E-state index in [4.69, 9.17) is 0 Å². The van der Waals surface area contributed by atoms with Gasteiger partial charge in [0.15, 0.2) is 0 Å². The molecule has 160 valence electrons. The van der Waals surface area contributed by atoms with Crippen molar-refractivity contribution in [1.29, 1.82) is 0 Å². The molecule has 1 atom stereocenters. The highest BCUT2D eigenvalue weighted by molar-refractivity contribution is 7.90. The molecule has 1 unspecified atom stereocenters. The molecule has 0 fully saturated rings. The van der Waals surface area contributed by atoms with Crippen LogP contribution in [0.3, 0.4) is 0 Å². The lowest BCUT2D eigenvalue weighted by molar-refractivity contribution is 0.546. The van der Waals surface area contributed by atoms with Gasteiger partial charge in [0.1, 0.15) is 4.90 Å². The Labute approximate surface area is 178 Å². The number of aromatic nitrogens is 1. The van der Waals surface area contributed by atoms with Crippen molar-refractivity contribution >= 4 is 20.0 Å². The van der Waals surface area contributed by atoms with Crippen LogP contribution in [-0.4, -0.2) is 26.8 Å². The predicted molar refractivity (Wildman–Crippen MR) is 117 cm³/mol. The molecule has 0 saturated heterocycles. The molecular formula is C22H26N2O4S2. The highest BCUT2D eigenvalue weighted by atomic mass is 32.2. The molecule has 6 nitrogen and oxygen atoms in total. The van der Waals surface area contributed by atoms with Gasteiger partial charge in [0.25, 0.3) is 10.0 Å².